The van der Waals surface area contributed by atoms with E-state index in [0.717, 1.165) is 0 Å². The number of sulfonamides is 1. The van der Waals surface area contributed by atoms with Gasteiger partial charge in [0.05, 0.1) is 4.90 Å². The third-order valence-corrected chi connectivity index (χ3v) is 4.41. The molecular formula is C15H20N2O5S. The molecule has 0 unspecified atom stereocenters. The van der Waals surface area contributed by atoms with Crippen LogP contribution in [0.25, 0.3) is 0 Å². The van der Waals surface area contributed by atoms with E-state index < -0.39 is 22.0 Å². The molecule has 1 amide bonds. The number of nitrogens with one attached hydrogen (secondary N) is 2. The summed E-state index contributed by atoms with van der Waals surface area (Å²) in [6, 6.07) is 4.72. The number of rotatable bonds is 8. The van der Waals surface area contributed by atoms with Crippen molar-refractivity contribution in [1.29, 1.82) is 0 Å². The molecule has 1 atom stereocenters. The van der Waals surface area contributed by atoms with E-state index in [2.05, 4.69) is 16.6 Å². The summed E-state index contributed by atoms with van der Waals surface area (Å²) in [5, 5.41) is 8.68. The number of ether oxygens (including phenoxy) is 1. The van der Waals surface area contributed by atoms with Crippen LogP contribution in [0.3, 0.4) is 0 Å². The third kappa shape index (κ3) is 5.90. The number of benzene rings is 1. The van der Waals surface area contributed by atoms with Crippen molar-refractivity contribution in [2.75, 3.05) is 6.61 Å². The predicted molar refractivity (Wildman–Crippen MR) is 84.3 cm³/mol. The van der Waals surface area contributed by atoms with Gasteiger partial charge in [0.25, 0.3) is 5.91 Å². The molecule has 0 aliphatic heterocycles. The third-order valence-electron chi connectivity index (χ3n) is 2.92. The van der Waals surface area contributed by atoms with E-state index in [0.29, 0.717) is 12.2 Å². The van der Waals surface area contributed by atoms with Crippen molar-refractivity contribution in [2.45, 2.75) is 37.6 Å². The van der Waals surface area contributed by atoms with Crippen LogP contribution in [0.15, 0.2) is 29.2 Å². The minimum Gasteiger partial charge on any atom is -0.481 e. The quantitative estimate of drug-likeness (QED) is 0.373. The molecule has 0 spiro atoms. The lowest BCUT2D eigenvalue weighted by molar-refractivity contribution is -0.131. The highest BCUT2D eigenvalue weighted by Gasteiger charge is 2.24. The van der Waals surface area contributed by atoms with Crippen molar-refractivity contribution in [3.05, 3.63) is 24.3 Å². The average Bonchev–Trinajstić information content (AvgIpc) is 2.54. The van der Waals surface area contributed by atoms with Gasteiger partial charge >= 0.3 is 0 Å². The zero-order valence-corrected chi connectivity index (χ0v) is 13.8. The maximum Gasteiger partial charge on any atom is 0.261 e. The zero-order chi connectivity index (χ0) is 17.3. The van der Waals surface area contributed by atoms with Crippen molar-refractivity contribution in [1.82, 2.24) is 10.2 Å². The minimum absolute atomic E-state index is 0.00160. The van der Waals surface area contributed by atoms with E-state index in [4.69, 9.17) is 9.94 Å². The van der Waals surface area contributed by atoms with Crippen LogP contribution in [0.5, 0.6) is 5.75 Å². The van der Waals surface area contributed by atoms with Crippen LogP contribution in [0.2, 0.25) is 0 Å². The first-order valence-corrected chi connectivity index (χ1v) is 8.51. The van der Waals surface area contributed by atoms with Crippen LogP contribution in [0.4, 0.5) is 0 Å². The Bertz CT molecular complexity index is 674. The Hall–Kier alpha value is -2.08. The second-order valence-corrected chi connectivity index (χ2v) is 6.34. The van der Waals surface area contributed by atoms with Gasteiger partial charge in [-0.15, -0.1) is 5.92 Å². The van der Waals surface area contributed by atoms with Gasteiger partial charge in [-0.05, 0) is 37.6 Å². The fraction of sp³-hybridized carbons (Fsp3) is 0.400. The SMILES string of the molecule is CC#CCOc1ccc(S(=O)(=O)N[C@H](CCC)C(=O)NO)cc1. The first kappa shape index (κ1) is 19.0. The maximum absolute atomic E-state index is 12.3. The number of hydroxylamine groups is 1. The van der Waals surface area contributed by atoms with Crippen molar-refractivity contribution < 1.29 is 23.2 Å². The van der Waals surface area contributed by atoms with Gasteiger partial charge in [0.15, 0.2) is 0 Å². The Kier molecular flexibility index (Phi) is 7.54. The second-order valence-electron chi connectivity index (χ2n) is 4.63. The van der Waals surface area contributed by atoms with Gasteiger partial charge in [0.2, 0.25) is 10.0 Å². The van der Waals surface area contributed by atoms with Crippen LogP contribution < -0.4 is 14.9 Å². The molecule has 0 fully saturated rings. The largest absolute Gasteiger partial charge is 0.481 e. The monoisotopic (exact) mass is 340 g/mol. The van der Waals surface area contributed by atoms with Gasteiger partial charge in [-0.3, -0.25) is 10.0 Å². The number of carbonyl (C=O) groups excluding carboxylic acids is 1. The minimum atomic E-state index is -3.88. The van der Waals surface area contributed by atoms with Crippen molar-refractivity contribution in [3.63, 3.8) is 0 Å². The van der Waals surface area contributed by atoms with Crippen molar-refractivity contribution >= 4 is 15.9 Å². The van der Waals surface area contributed by atoms with Gasteiger partial charge in [0.1, 0.15) is 18.4 Å². The Morgan fingerprint density at radius 3 is 2.52 bits per heavy atom. The molecule has 0 saturated heterocycles. The van der Waals surface area contributed by atoms with E-state index in [9.17, 15) is 13.2 Å². The average molecular weight is 340 g/mol. The van der Waals surface area contributed by atoms with Crippen LogP contribution in [0, 0.1) is 11.8 Å². The summed E-state index contributed by atoms with van der Waals surface area (Å²) in [5.74, 6) is 5.11. The van der Waals surface area contributed by atoms with Crippen molar-refractivity contribution in [3.8, 4) is 17.6 Å². The van der Waals surface area contributed by atoms with Crippen LogP contribution in [-0.2, 0) is 14.8 Å². The molecule has 1 aromatic carbocycles. The first-order chi connectivity index (χ1) is 10.9. The highest BCUT2D eigenvalue weighted by Crippen LogP contribution is 2.16. The summed E-state index contributed by atoms with van der Waals surface area (Å²) < 4.78 is 32.1. The topological polar surface area (TPSA) is 105 Å². The van der Waals surface area contributed by atoms with E-state index in [1.165, 1.54) is 29.7 Å². The van der Waals surface area contributed by atoms with Gasteiger partial charge < -0.3 is 4.74 Å². The number of hydrogen-bond donors (Lipinski definition) is 3. The molecule has 23 heavy (non-hydrogen) atoms. The van der Waals surface area contributed by atoms with E-state index in [1.807, 2.05) is 0 Å². The van der Waals surface area contributed by atoms with Crippen molar-refractivity contribution in [2.24, 2.45) is 0 Å². The summed E-state index contributed by atoms with van der Waals surface area (Å²) in [7, 11) is -3.88. The molecule has 0 aromatic heterocycles. The summed E-state index contributed by atoms with van der Waals surface area (Å²) in [6.07, 6.45) is 0.842. The molecule has 0 saturated carbocycles. The second kappa shape index (κ2) is 9.15. The lowest BCUT2D eigenvalue weighted by Crippen LogP contribution is -2.45. The smallest absolute Gasteiger partial charge is 0.261 e. The summed E-state index contributed by atoms with van der Waals surface area (Å²) in [5.41, 5.74) is 1.46. The highest BCUT2D eigenvalue weighted by atomic mass is 32.2. The Morgan fingerprint density at radius 1 is 1.35 bits per heavy atom. The van der Waals surface area contributed by atoms with Crippen LogP contribution in [-0.4, -0.2) is 32.2 Å². The van der Waals surface area contributed by atoms with Gasteiger partial charge in [-0.25, -0.2) is 13.9 Å². The molecule has 1 rings (SSSR count). The molecule has 7 nitrogen and oxygen atoms in total. The molecule has 8 heteroatoms. The Morgan fingerprint density at radius 2 is 2.00 bits per heavy atom. The van der Waals surface area contributed by atoms with Gasteiger partial charge in [-0.1, -0.05) is 19.3 Å². The van der Waals surface area contributed by atoms with Crippen LogP contribution in [0.1, 0.15) is 26.7 Å². The number of amides is 1. The molecule has 0 heterocycles. The normalized spacial score (nSPS) is 12.0. The Labute approximate surface area is 136 Å². The molecule has 0 radical (unpaired) electrons. The van der Waals surface area contributed by atoms with E-state index in [1.54, 1.807) is 13.8 Å². The molecule has 3 N–H and O–H groups in total. The fourth-order valence-corrected chi connectivity index (χ4v) is 3.00. The Balaban J connectivity index is 2.85. The fourth-order valence-electron chi connectivity index (χ4n) is 1.77. The zero-order valence-electron chi connectivity index (χ0n) is 13.0. The number of carbonyl (C=O) groups is 1. The van der Waals surface area contributed by atoms with E-state index >= 15 is 0 Å². The lowest BCUT2D eigenvalue weighted by atomic mass is 10.2. The number of hydrogen-bond acceptors (Lipinski definition) is 5. The summed E-state index contributed by atoms with van der Waals surface area (Å²) in [6.45, 7) is 3.72. The molecule has 0 aliphatic rings. The van der Waals surface area contributed by atoms with E-state index in [-0.39, 0.29) is 17.9 Å². The van der Waals surface area contributed by atoms with Crippen LogP contribution >= 0.6 is 0 Å². The first-order valence-electron chi connectivity index (χ1n) is 7.03. The highest BCUT2D eigenvalue weighted by molar-refractivity contribution is 7.89. The van der Waals surface area contributed by atoms with Gasteiger partial charge in [-0.2, -0.15) is 4.72 Å². The molecule has 0 bridgehead atoms. The molecule has 1 aromatic rings. The summed E-state index contributed by atoms with van der Waals surface area (Å²) in [4.78, 5) is 11.5. The predicted octanol–water partition coefficient (Wildman–Crippen LogP) is 1.04. The standard InChI is InChI=1S/C15H20N2O5S/c1-3-5-11-22-12-7-9-13(10-8-12)23(20,21)17-14(6-4-2)15(18)16-19/h7-10,14,17,19H,4,6,11H2,1-2H3,(H,16,18)/t14-/m1/s1. The molecular weight excluding hydrogens is 320 g/mol. The molecule has 126 valence electrons. The lowest BCUT2D eigenvalue weighted by Gasteiger charge is -2.16. The van der Waals surface area contributed by atoms with Gasteiger partial charge in [0, 0.05) is 0 Å². The maximum atomic E-state index is 12.3. The summed E-state index contributed by atoms with van der Waals surface area (Å²) >= 11 is 0. The molecule has 0 aliphatic carbocycles.